The number of ether oxygens (including phenoxy) is 2. The lowest BCUT2D eigenvalue weighted by Crippen LogP contribution is -2.52. The Morgan fingerprint density at radius 2 is 2.14 bits per heavy atom. The van der Waals surface area contributed by atoms with Crippen molar-refractivity contribution in [2.24, 2.45) is 0 Å². The summed E-state index contributed by atoms with van der Waals surface area (Å²) >= 11 is 0. The second-order valence-electron chi connectivity index (χ2n) is 4.01. The first-order valence-corrected chi connectivity index (χ1v) is 5.28. The summed E-state index contributed by atoms with van der Waals surface area (Å²) in [5.41, 5.74) is 0. The van der Waals surface area contributed by atoms with Gasteiger partial charge in [-0.15, -0.1) is 0 Å². The van der Waals surface area contributed by atoms with E-state index in [1.165, 1.54) is 6.92 Å². The van der Waals surface area contributed by atoms with Crippen LogP contribution in [0, 0.1) is 0 Å². The largest absolute Gasteiger partial charge is 0.348 e. The minimum absolute atomic E-state index is 0.00551. The van der Waals surface area contributed by atoms with Crippen LogP contribution in [0.1, 0.15) is 32.6 Å². The second kappa shape index (κ2) is 3.87. The molecule has 2 aliphatic rings. The molecule has 0 unspecified atom stereocenters. The van der Waals surface area contributed by atoms with E-state index < -0.39 is 5.79 Å². The Morgan fingerprint density at radius 3 is 2.79 bits per heavy atom. The van der Waals surface area contributed by atoms with Gasteiger partial charge < -0.3 is 14.8 Å². The van der Waals surface area contributed by atoms with Crippen LogP contribution in [0.4, 0.5) is 0 Å². The molecule has 0 aliphatic carbocycles. The highest BCUT2D eigenvalue weighted by atomic mass is 16.7. The van der Waals surface area contributed by atoms with Gasteiger partial charge in [-0.25, -0.2) is 0 Å². The Labute approximate surface area is 84.0 Å². The molecule has 0 bridgehead atoms. The molecule has 0 aromatic heterocycles. The van der Waals surface area contributed by atoms with E-state index in [0.29, 0.717) is 6.61 Å². The molecule has 2 fully saturated rings. The first-order chi connectivity index (χ1) is 6.73. The zero-order chi connectivity index (χ0) is 10.0. The SMILES string of the molecule is CC(=O)N[C@H]1CCO[C@@]12CCCCO2. The molecule has 2 atom stereocenters. The molecular weight excluding hydrogens is 182 g/mol. The minimum Gasteiger partial charge on any atom is -0.348 e. The fourth-order valence-electron chi connectivity index (χ4n) is 2.28. The third-order valence-electron chi connectivity index (χ3n) is 2.93. The summed E-state index contributed by atoms with van der Waals surface area (Å²) in [6, 6.07) is 0.0419. The Balaban J connectivity index is 2.03. The van der Waals surface area contributed by atoms with E-state index in [-0.39, 0.29) is 11.9 Å². The van der Waals surface area contributed by atoms with E-state index in [1.807, 2.05) is 0 Å². The molecule has 80 valence electrons. The average Bonchev–Trinajstić information content (AvgIpc) is 2.50. The van der Waals surface area contributed by atoms with Crippen molar-refractivity contribution in [3.05, 3.63) is 0 Å². The van der Waals surface area contributed by atoms with Gasteiger partial charge >= 0.3 is 0 Å². The lowest BCUT2D eigenvalue weighted by atomic mass is 9.98. The Kier molecular flexibility index (Phi) is 2.74. The summed E-state index contributed by atoms with van der Waals surface area (Å²) in [5.74, 6) is -0.516. The van der Waals surface area contributed by atoms with E-state index >= 15 is 0 Å². The van der Waals surface area contributed by atoms with Gasteiger partial charge in [0.2, 0.25) is 5.91 Å². The van der Waals surface area contributed by atoms with Crippen LogP contribution < -0.4 is 5.32 Å². The van der Waals surface area contributed by atoms with Crippen molar-refractivity contribution < 1.29 is 14.3 Å². The number of amides is 1. The molecule has 0 saturated carbocycles. The van der Waals surface area contributed by atoms with Gasteiger partial charge in [-0.3, -0.25) is 4.79 Å². The molecule has 2 rings (SSSR count). The van der Waals surface area contributed by atoms with Crippen molar-refractivity contribution in [3.63, 3.8) is 0 Å². The number of rotatable bonds is 1. The zero-order valence-electron chi connectivity index (χ0n) is 8.54. The summed E-state index contributed by atoms with van der Waals surface area (Å²) < 4.78 is 11.4. The zero-order valence-corrected chi connectivity index (χ0v) is 8.54. The van der Waals surface area contributed by atoms with Crippen LogP contribution in [0.25, 0.3) is 0 Å². The topological polar surface area (TPSA) is 47.6 Å². The van der Waals surface area contributed by atoms with Gasteiger partial charge in [0.1, 0.15) is 0 Å². The van der Waals surface area contributed by atoms with Crippen molar-refractivity contribution in [1.29, 1.82) is 0 Å². The summed E-state index contributed by atoms with van der Waals surface area (Å²) in [5, 5.41) is 2.91. The number of hydrogen-bond acceptors (Lipinski definition) is 3. The van der Waals surface area contributed by atoms with Crippen LogP contribution in [-0.4, -0.2) is 30.9 Å². The highest BCUT2D eigenvalue weighted by Crippen LogP contribution is 2.35. The molecule has 2 saturated heterocycles. The van der Waals surface area contributed by atoms with E-state index in [9.17, 15) is 4.79 Å². The summed E-state index contributed by atoms with van der Waals surface area (Å²) in [6.07, 6.45) is 3.98. The lowest BCUT2D eigenvalue weighted by Gasteiger charge is -2.37. The molecule has 0 radical (unpaired) electrons. The van der Waals surface area contributed by atoms with Crippen LogP contribution in [-0.2, 0) is 14.3 Å². The highest BCUT2D eigenvalue weighted by molar-refractivity contribution is 5.73. The highest BCUT2D eigenvalue weighted by Gasteiger charge is 2.46. The first-order valence-electron chi connectivity index (χ1n) is 5.28. The van der Waals surface area contributed by atoms with Gasteiger partial charge in [0.25, 0.3) is 0 Å². The molecular formula is C10H17NO3. The van der Waals surface area contributed by atoms with Crippen LogP contribution >= 0.6 is 0 Å². The third-order valence-corrected chi connectivity index (χ3v) is 2.93. The van der Waals surface area contributed by atoms with Crippen LogP contribution in [0.15, 0.2) is 0 Å². The average molecular weight is 199 g/mol. The molecule has 0 aromatic rings. The molecule has 4 heteroatoms. The molecule has 1 spiro atoms. The lowest BCUT2D eigenvalue weighted by molar-refractivity contribution is -0.239. The van der Waals surface area contributed by atoms with E-state index in [2.05, 4.69) is 5.32 Å². The summed E-state index contributed by atoms with van der Waals surface area (Å²) in [4.78, 5) is 11.0. The van der Waals surface area contributed by atoms with Crippen molar-refractivity contribution in [1.82, 2.24) is 5.32 Å². The Morgan fingerprint density at radius 1 is 1.36 bits per heavy atom. The smallest absolute Gasteiger partial charge is 0.217 e. The van der Waals surface area contributed by atoms with Crippen molar-refractivity contribution >= 4 is 5.91 Å². The van der Waals surface area contributed by atoms with Gasteiger partial charge in [0, 0.05) is 13.3 Å². The molecule has 2 aliphatic heterocycles. The fraction of sp³-hybridized carbons (Fsp3) is 0.900. The summed E-state index contributed by atoms with van der Waals surface area (Å²) in [7, 11) is 0. The molecule has 14 heavy (non-hydrogen) atoms. The second-order valence-corrected chi connectivity index (χ2v) is 4.01. The van der Waals surface area contributed by atoms with Gasteiger partial charge in [0.05, 0.1) is 19.3 Å². The maximum Gasteiger partial charge on any atom is 0.217 e. The molecule has 2 heterocycles. The van der Waals surface area contributed by atoms with E-state index in [1.54, 1.807) is 0 Å². The van der Waals surface area contributed by atoms with E-state index in [0.717, 1.165) is 32.3 Å². The predicted octanol–water partition coefficient (Wildman–Crippen LogP) is 0.808. The summed E-state index contributed by atoms with van der Waals surface area (Å²) in [6.45, 7) is 2.97. The number of carbonyl (C=O) groups excluding carboxylic acids is 1. The Hall–Kier alpha value is -0.610. The van der Waals surface area contributed by atoms with Crippen molar-refractivity contribution in [2.45, 2.75) is 44.4 Å². The molecule has 0 aromatic carbocycles. The number of carbonyl (C=O) groups is 1. The van der Waals surface area contributed by atoms with Crippen LogP contribution in [0.2, 0.25) is 0 Å². The Bertz CT molecular complexity index is 223. The normalized spacial score (nSPS) is 37.4. The van der Waals surface area contributed by atoms with Crippen LogP contribution in [0.5, 0.6) is 0 Å². The quantitative estimate of drug-likeness (QED) is 0.679. The van der Waals surface area contributed by atoms with Crippen molar-refractivity contribution in [3.8, 4) is 0 Å². The van der Waals surface area contributed by atoms with Crippen LogP contribution in [0.3, 0.4) is 0 Å². The minimum atomic E-state index is -0.510. The predicted molar refractivity (Wildman–Crippen MR) is 50.7 cm³/mol. The van der Waals surface area contributed by atoms with Gasteiger partial charge in [0.15, 0.2) is 5.79 Å². The molecule has 1 amide bonds. The number of nitrogens with one attached hydrogen (secondary N) is 1. The standard InChI is InChI=1S/C10H17NO3/c1-8(12)11-9-4-7-14-10(9)5-2-3-6-13-10/h9H,2-7H2,1H3,(H,11,12)/t9-,10-/m0/s1. The maximum atomic E-state index is 11.0. The van der Waals surface area contributed by atoms with Gasteiger partial charge in [-0.05, 0) is 19.3 Å². The van der Waals surface area contributed by atoms with Gasteiger partial charge in [-0.1, -0.05) is 0 Å². The van der Waals surface area contributed by atoms with Gasteiger partial charge in [-0.2, -0.15) is 0 Å². The number of hydrogen-bond donors (Lipinski definition) is 1. The fourth-order valence-corrected chi connectivity index (χ4v) is 2.28. The molecule has 4 nitrogen and oxygen atoms in total. The van der Waals surface area contributed by atoms with E-state index in [4.69, 9.17) is 9.47 Å². The molecule has 1 N–H and O–H groups in total. The third kappa shape index (κ3) is 1.77. The first kappa shape index (κ1) is 9.93. The maximum absolute atomic E-state index is 11.0. The van der Waals surface area contributed by atoms with Crippen molar-refractivity contribution in [2.75, 3.05) is 13.2 Å². The monoisotopic (exact) mass is 199 g/mol.